The molecule has 0 aliphatic heterocycles. The van der Waals surface area contributed by atoms with Gasteiger partial charge in [0.05, 0.1) is 13.0 Å². The second-order valence-electron chi connectivity index (χ2n) is 10.5. The van der Waals surface area contributed by atoms with Gasteiger partial charge < -0.3 is 30.1 Å². The lowest BCUT2D eigenvalue weighted by molar-refractivity contribution is -0.143. The Bertz CT molecular complexity index is 943. The molecule has 0 aliphatic rings. The molecule has 220 valence electrons. The highest BCUT2D eigenvalue weighted by Crippen LogP contribution is 2.27. The van der Waals surface area contributed by atoms with E-state index in [9.17, 15) is 24.3 Å². The van der Waals surface area contributed by atoms with Crippen LogP contribution in [0.25, 0.3) is 0 Å². The van der Waals surface area contributed by atoms with Crippen LogP contribution in [0.4, 0.5) is 4.79 Å². The number of phenolic OH excluding ortho intramolecular Hbond substituents is 1. The molecule has 1 rings (SSSR count). The maximum atomic E-state index is 13.5. The summed E-state index contributed by atoms with van der Waals surface area (Å²) < 4.78 is 10.2. The molecule has 3 amide bonds. The average molecular weight is 550 g/mol. The zero-order chi connectivity index (χ0) is 29.4. The van der Waals surface area contributed by atoms with Crippen LogP contribution in [0, 0.1) is 6.92 Å². The van der Waals surface area contributed by atoms with E-state index in [4.69, 9.17) is 9.47 Å². The number of carbonyl (C=O) groups excluding carboxylic acids is 4. The molecule has 10 nitrogen and oxygen atoms in total. The summed E-state index contributed by atoms with van der Waals surface area (Å²) in [5.41, 5.74) is 0.335. The minimum absolute atomic E-state index is 0.00746. The van der Waals surface area contributed by atoms with Gasteiger partial charge in [0.1, 0.15) is 23.9 Å². The first-order valence-electron chi connectivity index (χ1n) is 13.9. The van der Waals surface area contributed by atoms with Crippen molar-refractivity contribution in [1.29, 1.82) is 0 Å². The molecule has 3 N–H and O–H groups in total. The van der Waals surface area contributed by atoms with Gasteiger partial charge in [0, 0.05) is 13.1 Å². The SMILES string of the molecule is CCCCCCCCN(C(=O)CNC(=O)OC(C)(C)C)C(C(=O)NCCC(=O)OCC)c1ccc(O)c(C)c1. The summed E-state index contributed by atoms with van der Waals surface area (Å²) in [6, 6.07) is 3.71. The van der Waals surface area contributed by atoms with Crippen LogP contribution in [0.2, 0.25) is 0 Å². The normalized spacial score (nSPS) is 11.8. The van der Waals surface area contributed by atoms with Gasteiger partial charge in [0.2, 0.25) is 11.8 Å². The molecular formula is C29H47N3O7. The molecule has 0 radical (unpaired) electrons. The molecule has 1 unspecified atom stereocenters. The Morgan fingerprint density at radius 1 is 1.00 bits per heavy atom. The van der Waals surface area contributed by atoms with Gasteiger partial charge in [-0.15, -0.1) is 0 Å². The van der Waals surface area contributed by atoms with Crippen LogP contribution in [0.1, 0.15) is 96.7 Å². The second-order valence-corrected chi connectivity index (χ2v) is 10.5. The summed E-state index contributed by atoms with van der Waals surface area (Å²) in [6.07, 6.45) is 5.19. The minimum Gasteiger partial charge on any atom is -0.508 e. The highest BCUT2D eigenvalue weighted by Gasteiger charge is 2.32. The van der Waals surface area contributed by atoms with E-state index in [1.165, 1.54) is 11.0 Å². The molecule has 10 heteroatoms. The number of aromatic hydroxyl groups is 1. The topological polar surface area (TPSA) is 134 Å². The summed E-state index contributed by atoms with van der Waals surface area (Å²) in [7, 11) is 0. The van der Waals surface area contributed by atoms with Gasteiger partial charge in [0.15, 0.2) is 0 Å². The number of nitrogens with zero attached hydrogens (tertiary/aromatic N) is 1. The molecule has 0 saturated heterocycles. The number of hydrogen-bond acceptors (Lipinski definition) is 7. The molecule has 1 aromatic carbocycles. The largest absolute Gasteiger partial charge is 0.508 e. The van der Waals surface area contributed by atoms with Crippen LogP contribution in [-0.2, 0) is 23.9 Å². The van der Waals surface area contributed by atoms with Gasteiger partial charge in [-0.3, -0.25) is 14.4 Å². The summed E-state index contributed by atoms with van der Waals surface area (Å²) >= 11 is 0. The highest BCUT2D eigenvalue weighted by atomic mass is 16.6. The number of alkyl carbamates (subject to hydrolysis) is 1. The van der Waals surface area contributed by atoms with Crippen LogP contribution < -0.4 is 10.6 Å². The van der Waals surface area contributed by atoms with E-state index in [1.54, 1.807) is 46.8 Å². The van der Waals surface area contributed by atoms with Crippen molar-refractivity contribution in [3.8, 4) is 5.75 Å². The first-order chi connectivity index (χ1) is 18.4. The lowest BCUT2D eigenvalue weighted by Gasteiger charge is -2.32. The van der Waals surface area contributed by atoms with E-state index in [-0.39, 0.29) is 38.4 Å². The van der Waals surface area contributed by atoms with Crippen LogP contribution in [0.5, 0.6) is 5.75 Å². The summed E-state index contributed by atoms with van der Waals surface area (Å²) in [5, 5.41) is 15.3. The summed E-state index contributed by atoms with van der Waals surface area (Å²) in [4.78, 5) is 52.4. The zero-order valence-electron chi connectivity index (χ0n) is 24.4. The first-order valence-corrected chi connectivity index (χ1v) is 13.9. The average Bonchev–Trinajstić information content (AvgIpc) is 2.85. The maximum absolute atomic E-state index is 13.5. The molecule has 0 spiro atoms. The van der Waals surface area contributed by atoms with E-state index in [0.29, 0.717) is 17.5 Å². The van der Waals surface area contributed by atoms with Crippen molar-refractivity contribution in [1.82, 2.24) is 15.5 Å². The Balaban J connectivity index is 3.19. The smallest absolute Gasteiger partial charge is 0.408 e. The number of nitrogens with one attached hydrogen (secondary N) is 2. The molecule has 1 atom stereocenters. The Labute approximate surface area is 232 Å². The van der Waals surface area contributed by atoms with Gasteiger partial charge in [-0.05, 0) is 64.3 Å². The lowest BCUT2D eigenvalue weighted by atomic mass is 10.0. The summed E-state index contributed by atoms with van der Waals surface area (Å²) in [6.45, 7) is 11.0. The fourth-order valence-corrected chi connectivity index (χ4v) is 3.96. The monoisotopic (exact) mass is 549 g/mol. The molecule has 0 fully saturated rings. The number of benzene rings is 1. The van der Waals surface area contributed by atoms with Gasteiger partial charge >= 0.3 is 12.1 Å². The Kier molecular flexibility index (Phi) is 15.0. The predicted molar refractivity (Wildman–Crippen MR) is 149 cm³/mol. The minimum atomic E-state index is -1.03. The third-order valence-electron chi connectivity index (χ3n) is 5.89. The van der Waals surface area contributed by atoms with Crippen molar-refractivity contribution in [3.63, 3.8) is 0 Å². The number of amides is 3. The molecule has 0 heterocycles. The van der Waals surface area contributed by atoms with E-state index in [2.05, 4.69) is 17.6 Å². The molecule has 0 bridgehead atoms. The fourth-order valence-electron chi connectivity index (χ4n) is 3.96. The molecule has 1 aromatic rings. The van der Waals surface area contributed by atoms with E-state index in [0.717, 1.165) is 32.1 Å². The lowest BCUT2D eigenvalue weighted by Crippen LogP contribution is -2.48. The van der Waals surface area contributed by atoms with E-state index in [1.807, 2.05) is 0 Å². The van der Waals surface area contributed by atoms with Crippen LogP contribution in [0.3, 0.4) is 0 Å². The van der Waals surface area contributed by atoms with Crippen molar-refractivity contribution in [2.45, 2.75) is 98.1 Å². The van der Waals surface area contributed by atoms with Crippen molar-refractivity contribution in [3.05, 3.63) is 29.3 Å². The van der Waals surface area contributed by atoms with Crippen LogP contribution in [0.15, 0.2) is 18.2 Å². The van der Waals surface area contributed by atoms with E-state index >= 15 is 0 Å². The van der Waals surface area contributed by atoms with Crippen LogP contribution in [-0.4, -0.2) is 65.7 Å². The number of rotatable bonds is 16. The molecule has 0 aliphatic carbocycles. The van der Waals surface area contributed by atoms with Gasteiger partial charge in [-0.2, -0.15) is 0 Å². The van der Waals surface area contributed by atoms with Crippen molar-refractivity contribution in [2.24, 2.45) is 0 Å². The third kappa shape index (κ3) is 13.4. The zero-order valence-corrected chi connectivity index (χ0v) is 24.4. The standard InChI is InChI=1S/C29H47N3O7/c1-7-9-10-11-12-13-18-32(24(34)20-31-28(37)39-29(4,5)6)26(22-14-15-23(33)21(3)19-22)27(36)30-17-16-25(35)38-8-2/h14-15,19,26,33H,7-13,16-18,20H2,1-6H3,(H,30,36)(H,31,37). The third-order valence-corrected chi connectivity index (χ3v) is 5.89. The molecule has 0 saturated carbocycles. The fraction of sp³-hybridized carbons (Fsp3) is 0.655. The van der Waals surface area contributed by atoms with Gasteiger partial charge in [0.25, 0.3) is 0 Å². The number of hydrogen-bond donors (Lipinski definition) is 3. The number of esters is 1. The quantitative estimate of drug-likeness (QED) is 0.204. The van der Waals surface area contributed by atoms with Crippen molar-refractivity contribution < 1.29 is 33.8 Å². The Hall–Kier alpha value is -3.30. The molecule has 0 aromatic heterocycles. The predicted octanol–water partition coefficient (Wildman–Crippen LogP) is 4.52. The summed E-state index contributed by atoms with van der Waals surface area (Å²) in [5.74, 6) is -1.29. The Morgan fingerprint density at radius 2 is 1.67 bits per heavy atom. The first kappa shape index (κ1) is 33.7. The van der Waals surface area contributed by atoms with Gasteiger partial charge in [-0.1, -0.05) is 45.1 Å². The molecular weight excluding hydrogens is 502 g/mol. The second kappa shape index (κ2) is 17.3. The Morgan fingerprint density at radius 3 is 2.28 bits per heavy atom. The number of unbranched alkanes of at least 4 members (excludes halogenated alkanes) is 5. The number of phenols is 1. The van der Waals surface area contributed by atoms with Gasteiger partial charge in [-0.25, -0.2) is 4.79 Å². The maximum Gasteiger partial charge on any atom is 0.408 e. The van der Waals surface area contributed by atoms with Crippen LogP contribution >= 0.6 is 0 Å². The van der Waals surface area contributed by atoms with E-state index < -0.39 is 35.5 Å². The number of aryl methyl sites for hydroxylation is 1. The molecule has 39 heavy (non-hydrogen) atoms. The van der Waals surface area contributed by atoms with Crippen molar-refractivity contribution in [2.75, 3.05) is 26.2 Å². The number of carbonyl (C=O) groups is 4. The van der Waals surface area contributed by atoms with Crippen molar-refractivity contribution >= 4 is 23.9 Å². The highest BCUT2D eigenvalue weighted by molar-refractivity contribution is 5.90. The number of ether oxygens (including phenoxy) is 2.